The Balaban J connectivity index is 1.53. The highest BCUT2D eigenvalue weighted by Crippen LogP contribution is 2.28. The third-order valence-electron chi connectivity index (χ3n) is 4.59. The number of benzene rings is 1. The van der Waals surface area contributed by atoms with E-state index >= 15 is 0 Å². The van der Waals surface area contributed by atoms with E-state index in [4.69, 9.17) is 0 Å². The number of sulfonamides is 1. The molecule has 1 fully saturated rings. The molecule has 7 nitrogen and oxygen atoms in total. The number of hydrogen-bond donors (Lipinski definition) is 0. The Kier molecular flexibility index (Phi) is 3.91. The molecule has 1 aromatic carbocycles. The van der Waals surface area contributed by atoms with Gasteiger partial charge < -0.3 is 9.80 Å². The smallest absolute Gasteiger partial charge is 0.285 e. The lowest BCUT2D eigenvalue weighted by molar-refractivity contribution is 0.385. The molecule has 1 saturated heterocycles. The number of aromatic nitrogens is 2. The van der Waals surface area contributed by atoms with E-state index in [2.05, 4.69) is 26.2 Å². The van der Waals surface area contributed by atoms with Crippen molar-refractivity contribution in [2.45, 2.75) is 18.2 Å². The van der Waals surface area contributed by atoms with Gasteiger partial charge in [0.2, 0.25) is 0 Å². The second-order valence-corrected chi connectivity index (χ2v) is 7.65. The highest BCUT2D eigenvalue weighted by molar-refractivity contribution is 7.90. The Hall–Kier alpha value is -2.48. The lowest BCUT2D eigenvalue weighted by Crippen LogP contribution is -2.49. The van der Waals surface area contributed by atoms with Crippen LogP contribution >= 0.6 is 0 Å². The SMILES string of the molecule is CCc1cc(N2CCN(C3=NS(=O)(=O)c4ccccc43)CC2)ncn1. The van der Waals surface area contributed by atoms with Crippen LogP contribution in [-0.2, 0) is 16.4 Å². The van der Waals surface area contributed by atoms with Crippen molar-refractivity contribution in [1.29, 1.82) is 0 Å². The van der Waals surface area contributed by atoms with Gasteiger partial charge in [-0.2, -0.15) is 8.42 Å². The molecule has 1 aromatic heterocycles. The van der Waals surface area contributed by atoms with Crippen LogP contribution in [0.2, 0.25) is 0 Å². The maximum Gasteiger partial charge on any atom is 0.285 e. The van der Waals surface area contributed by atoms with Gasteiger partial charge in [-0.25, -0.2) is 9.97 Å². The lowest BCUT2D eigenvalue weighted by atomic mass is 10.1. The average molecular weight is 357 g/mol. The van der Waals surface area contributed by atoms with Crippen LogP contribution in [0.25, 0.3) is 0 Å². The van der Waals surface area contributed by atoms with E-state index in [1.807, 2.05) is 23.1 Å². The van der Waals surface area contributed by atoms with Gasteiger partial charge in [0.05, 0.1) is 0 Å². The molecule has 2 aliphatic rings. The molecule has 3 heterocycles. The third kappa shape index (κ3) is 2.86. The minimum atomic E-state index is -3.57. The zero-order valence-electron chi connectivity index (χ0n) is 14.0. The van der Waals surface area contributed by atoms with Crippen molar-refractivity contribution in [3.05, 3.63) is 47.9 Å². The van der Waals surface area contributed by atoms with Crippen LogP contribution < -0.4 is 4.90 Å². The van der Waals surface area contributed by atoms with Gasteiger partial charge in [0.25, 0.3) is 10.0 Å². The number of rotatable bonds is 2. The monoisotopic (exact) mass is 357 g/mol. The molecule has 4 rings (SSSR count). The van der Waals surface area contributed by atoms with Gasteiger partial charge in [0.15, 0.2) is 5.84 Å². The Bertz CT molecular complexity index is 934. The Morgan fingerprint density at radius 3 is 2.52 bits per heavy atom. The molecule has 130 valence electrons. The number of nitrogens with zero attached hydrogens (tertiary/aromatic N) is 5. The number of amidine groups is 1. The summed E-state index contributed by atoms with van der Waals surface area (Å²) in [5, 5.41) is 0. The van der Waals surface area contributed by atoms with Crippen molar-refractivity contribution in [3.8, 4) is 0 Å². The summed E-state index contributed by atoms with van der Waals surface area (Å²) >= 11 is 0. The second-order valence-electron chi connectivity index (χ2n) is 6.08. The number of anilines is 1. The number of fused-ring (bicyclic) bond motifs is 1. The predicted molar refractivity (Wildman–Crippen MR) is 95.4 cm³/mol. The molecule has 0 radical (unpaired) electrons. The highest BCUT2D eigenvalue weighted by Gasteiger charge is 2.33. The first-order chi connectivity index (χ1) is 12.1. The van der Waals surface area contributed by atoms with E-state index in [-0.39, 0.29) is 0 Å². The normalized spacial score (nSPS) is 18.8. The maximum absolute atomic E-state index is 12.2. The van der Waals surface area contributed by atoms with Gasteiger partial charge in [0, 0.05) is 43.5 Å². The molecule has 0 saturated carbocycles. The fraction of sp³-hybridized carbons (Fsp3) is 0.353. The molecular weight excluding hydrogens is 338 g/mol. The molecule has 0 spiro atoms. The molecule has 0 aliphatic carbocycles. The summed E-state index contributed by atoms with van der Waals surface area (Å²) in [6.07, 6.45) is 2.48. The first kappa shape index (κ1) is 16.0. The highest BCUT2D eigenvalue weighted by atomic mass is 32.2. The van der Waals surface area contributed by atoms with E-state index in [1.54, 1.807) is 18.5 Å². The van der Waals surface area contributed by atoms with E-state index in [0.29, 0.717) is 29.4 Å². The Morgan fingerprint density at radius 1 is 1.04 bits per heavy atom. The third-order valence-corrected chi connectivity index (χ3v) is 5.91. The van der Waals surface area contributed by atoms with Crippen molar-refractivity contribution < 1.29 is 8.42 Å². The second kappa shape index (κ2) is 6.11. The Morgan fingerprint density at radius 2 is 1.76 bits per heavy atom. The minimum Gasteiger partial charge on any atom is -0.353 e. The standard InChI is InChI=1S/C17H19N5O2S/c1-2-13-11-16(19-12-18-13)21-7-9-22(10-8-21)17-14-5-3-4-6-15(14)25(23,24)20-17/h3-6,11-12H,2,7-10H2,1H3. The fourth-order valence-electron chi connectivity index (χ4n) is 3.22. The summed E-state index contributed by atoms with van der Waals surface area (Å²) in [5.74, 6) is 1.49. The van der Waals surface area contributed by atoms with Crippen molar-refractivity contribution in [2.24, 2.45) is 4.40 Å². The summed E-state index contributed by atoms with van der Waals surface area (Å²) < 4.78 is 28.4. The quantitative estimate of drug-likeness (QED) is 0.806. The summed E-state index contributed by atoms with van der Waals surface area (Å²) in [4.78, 5) is 13.1. The lowest BCUT2D eigenvalue weighted by Gasteiger charge is -2.36. The van der Waals surface area contributed by atoms with Crippen LogP contribution in [0.15, 0.2) is 46.0 Å². The van der Waals surface area contributed by atoms with Crippen molar-refractivity contribution in [3.63, 3.8) is 0 Å². The first-order valence-electron chi connectivity index (χ1n) is 8.33. The van der Waals surface area contributed by atoms with Crippen molar-refractivity contribution >= 4 is 21.7 Å². The zero-order valence-corrected chi connectivity index (χ0v) is 14.8. The van der Waals surface area contributed by atoms with Gasteiger partial charge in [-0.1, -0.05) is 19.1 Å². The number of hydrogen-bond acceptors (Lipinski definition) is 6. The van der Waals surface area contributed by atoms with E-state index < -0.39 is 10.0 Å². The van der Waals surface area contributed by atoms with E-state index in [1.165, 1.54) is 0 Å². The molecular formula is C17H19N5O2S. The van der Waals surface area contributed by atoms with Crippen LogP contribution in [0.4, 0.5) is 5.82 Å². The summed E-state index contributed by atoms with van der Waals surface area (Å²) in [6, 6.07) is 9.03. The van der Waals surface area contributed by atoms with Gasteiger partial charge in [-0.15, -0.1) is 4.40 Å². The predicted octanol–water partition coefficient (Wildman–Crippen LogP) is 1.31. The molecule has 0 amide bonds. The molecule has 0 N–H and O–H groups in total. The summed E-state index contributed by atoms with van der Waals surface area (Å²) in [7, 11) is -3.57. The van der Waals surface area contributed by atoms with Gasteiger partial charge >= 0.3 is 0 Å². The number of piperazine rings is 1. The van der Waals surface area contributed by atoms with Crippen molar-refractivity contribution in [1.82, 2.24) is 14.9 Å². The average Bonchev–Trinajstić information content (AvgIpc) is 2.93. The molecule has 8 heteroatoms. The molecule has 0 bridgehead atoms. The number of aryl methyl sites for hydroxylation is 1. The molecule has 2 aliphatic heterocycles. The van der Waals surface area contributed by atoms with Gasteiger partial charge in [0.1, 0.15) is 17.0 Å². The van der Waals surface area contributed by atoms with Crippen molar-refractivity contribution in [2.75, 3.05) is 31.1 Å². The molecule has 0 atom stereocenters. The molecule has 25 heavy (non-hydrogen) atoms. The van der Waals surface area contributed by atoms with E-state index in [0.717, 1.165) is 31.0 Å². The van der Waals surface area contributed by atoms with Crippen LogP contribution in [0.5, 0.6) is 0 Å². The molecule has 2 aromatic rings. The van der Waals surface area contributed by atoms with Crippen LogP contribution in [0.3, 0.4) is 0 Å². The van der Waals surface area contributed by atoms with Crippen LogP contribution in [0.1, 0.15) is 18.2 Å². The van der Waals surface area contributed by atoms with E-state index in [9.17, 15) is 8.42 Å². The van der Waals surface area contributed by atoms with Gasteiger partial charge in [-0.05, 0) is 18.6 Å². The van der Waals surface area contributed by atoms with Crippen LogP contribution in [0, 0.1) is 0 Å². The van der Waals surface area contributed by atoms with Crippen LogP contribution in [-0.4, -0.2) is 55.3 Å². The first-order valence-corrected chi connectivity index (χ1v) is 9.77. The summed E-state index contributed by atoms with van der Waals surface area (Å²) in [5.41, 5.74) is 1.72. The summed E-state index contributed by atoms with van der Waals surface area (Å²) in [6.45, 7) is 5.01. The zero-order chi connectivity index (χ0) is 17.4. The van der Waals surface area contributed by atoms with Gasteiger partial charge in [-0.3, -0.25) is 0 Å². The maximum atomic E-state index is 12.2. The Labute approximate surface area is 147 Å². The minimum absolute atomic E-state index is 0.302. The fourth-order valence-corrected chi connectivity index (χ4v) is 4.44. The largest absolute Gasteiger partial charge is 0.353 e. The molecule has 0 unspecified atom stereocenters. The topological polar surface area (TPSA) is 78.8 Å².